The zero-order chi connectivity index (χ0) is 39.4. The number of carbonyl (C=O) groups excluding carboxylic acids is 2. The van der Waals surface area contributed by atoms with Gasteiger partial charge in [-0.25, -0.2) is 27.7 Å². The minimum atomic E-state index is -4.72. The smallest absolute Gasteiger partial charge is 0.408 e. The lowest BCUT2D eigenvalue weighted by Crippen LogP contribution is -2.44. The first-order valence-corrected chi connectivity index (χ1v) is 19.0. The molecule has 290 valence electrons. The number of nitrogens with one attached hydrogen (secondary N) is 3. The maximum atomic E-state index is 13.8. The second-order valence-electron chi connectivity index (χ2n) is 13.9. The highest BCUT2D eigenvalue weighted by atomic mass is 32.2. The number of halogens is 3. The molecule has 1 heterocycles. The summed E-state index contributed by atoms with van der Waals surface area (Å²) in [7, 11) is -4.44. The van der Waals surface area contributed by atoms with Crippen molar-refractivity contribution in [2.24, 2.45) is 4.99 Å². The largest absolute Gasteiger partial charge is 0.487 e. The van der Waals surface area contributed by atoms with Crippen LogP contribution in [0.15, 0.2) is 71.1 Å². The van der Waals surface area contributed by atoms with Gasteiger partial charge in [-0.05, 0) is 86.4 Å². The minimum absolute atomic E-state index is 0.00247. The van der Waals surface area contributed by atoms with Gasteiger partial charge < -0.3 is 24.8 Å². The summed E-state index contributed by atoms with van der Waals surface area (Å²) in [5, 5.41) is 5.17. The van der Waals surface area contributed by atoms with Gasteiger partial charge in [0.1, 0.15) is 37.2 Å². The normalized spacial score (nSPS) is 15.3. The minimum Gasteiger partial charge on any atom is -0.487 e. The van der Waals surface area contributed by atoms with Gasteiger partial charge in [0.25, 0.3) is 10.0 Å². The number of sulfonamides is 1. The fourth-order valence-corrected chi connectivity index (χ4v) is 8.48. The Bertz CT molecular complexity index is 2020. The molecule has 5 rings (SSSR count). The second kappa shape index (κ2) is 16.1. The van der Waals surface area contributed by atoms with Crippen LogP contribution in [0.25, 0.3) is 11.1 Å². The van der Waals surface area contributed by atoms with Crippen molar-refractivity contribution in [1.29, 1.82) is 0 Å². The van der Waals surface area contributed by atoms with E-state index >= 15 is 0 Å². The van der Waals surface area contributed by atoms with E-state index in [-0.39, 0.29) is 43.4 Å². The van der Waals surface area contributed by atoms with Gasteiger partial charge in [0.15, 0.2) is 0 Å². The highest BCUT2D eigenvalue weighted by Crippen LogP contribution is 2.45. The molecule has 0 saturated heterocycles. The summed E-state index contributed by atoms with van der Waals surface area (Å²) in [6, 6.07) is 14.5. The number of amides is 1. The molecule has 0 fully saturated rings. The molecule has 3 aromatic carbocycles. The van der Waals surface area contributed by atoms with Crippen molar-refractivity contribution < 1.29 is 45.4 Å². The SMILES string of the molecule is C=CCOC(=O)[C@H](CCCNC(=NCC(F)(F)F)NS(=O)(=O)c1c(C)c(C)c2c(c1C)CC(C)(C)O2)NC(=O)OCC1c2ccccc2-c2ccccc21. The maximum absolute atomic E-state index is 13.8. The van der Waals surface area contributed by atoms with E-state index in [9.17, 15) is 31.2 Å². The number of fused-ring (bicyclic) bond motifs is 4. The summed E-state index contributed by atoms with van der Waals surface area (Å²) in [6.45, 7) is 10.4. The Balaban J connectivity index is 1.25. The molecule has 15 heteroatoms. The molecule has 3 aromatic rings. The maximum Gasteiger partial charge on any atom is 0.408 e. The van der Waals surface area contributed by atoms with Crippen molar-refractivity contribution in [2.75, 3.05) is 26.3 Å². The number of benzene rings is 3. The first-order chi connectivity index (χ1) is 25.4. The Hall–Kier alpha value is -5.05. The van der Waals surface area contributed by atoms with E-state index in [1.165, 1.54) is 6.08 Å². The Morgan fingerprint density at radius 2 is 1.65 bits per heavy atom. The highest BCUT2D eigenvalue weighted by Gasteiger charge is 2.37. The van der Waals surface area contributed by atoms with Crippen LogP contribution in [0.5, 0.6) is 5.75 Å². The van der Waals surface area contributed by atoms with Crippen molar-refractivity contribution in [1.82, 2.24) is 15.4 Å². The first-order valence-electron chi connectivity index (χ1n) is 17.5. The molecule has 0 saturated carbocycles. The zero-order valence-electron chi connectivity index (χ0n) is 30.9. The molecule has 0 radical (unpaired) electrons. The van der Waals surface area contributed by atoms with Gasteiger partial charge in [-0.2, -0.15) is 13.2 Å². The third kappa shape index (κ3) is 9.17. The third-order valence-corrected chi connectivity index (χ3v) is 11.0. The average Bonchev–Trinajstić information content (AvgIpc) is 3.62. The number of esters is 1. The quantitative estimate of drug-likeness (QED) is 0.0586. The number of guanidine groups is 1. The van der Waals surface area contributed by atoms with Gasteiger partial charge in [0, 0.05) is 24.4 Å². The lowest BCUT2D eigenvalue weighted by molar-refractivity contribution is -0.145. The molecule has 1 aliphatic carbocycles. The number of ether oxygens (including phenoxy) is 3. The van der Waals surface area contributed by atoms with Gasteiger partial charge in [0.05, 0.1) is 4.90 Å². The molecule has 3 N–H and O–H groups in total. The Kier molecular flexibility index (Phi) is 12.0. The zero-order valence-corrected chi connectivity index (χ0v) is 31.7. The van der Waals surface area contributed by atoms with E-state index in [0.717, 1.165) is 22.3 Å². The number of hydrogen-bond donors (Lipinski definition) is 3. The summed E-state index contributed by atoms with van der Waals surface area (Å²) in [6.07, 6.45) is -3.73. The Morgan fingerprint density at radius 1 is 1.02 bits per heavy atom. The van der Waals surface area contributed by atoms with Crippen molar-refractivity contribution in [3.8, 4) is 16.9 Å². The molecule has 11 nitrogen and oxygen atoms in total. The van der Waals surface area contributed by atoms with Gasteiger partial charge >= 0.3 is 18.2 Å². The Morgan fingerprint density at radius 3 is 2.26 bits per heavy atom. The van der Waals surface area contributed by atoms with Crippen LogP contribution in [-0.4, -0.2) is 70.6 Å². The number of rotatable bonds is 13. The fraction of sp³-hybridized carbons (Fsp3) is 0.410. The lowest BCUT2D eigenvalue weighted by atomic mass is 9.94. The van der Waals surface area contributed by atoms with Crippen LogP contribution in [0.1, 0.15) is 66.0 Å². The third-order valence-electron chi connectivity index (χ3n) is 9.43. The van der Waals surface area contributed by atoms with Crippen LogP contribution in [0.3, 0.4) is 0 Å². The molecule has 1 amide bonds. The van der Waals surface area contributed by atoms with Crippen LogP contribution in [-0.2, 0) is 30.7 Å². The van der Waals surface area contributed by atoms with Crippen LogP contribution in [0.2, 0.25) is 0 Å². The van der Waals surface area contributed by atoms with E-state index in [2.05, 4.69) is 26.9 Å². The molecule has 0 bridgehead atoms. The lowest BCUT2D eigenvalue weighted by Gasteiger charge is -2.21. The number of hydrogen-bond acceptors (Lipinski definition) is 8. The molecule has 0 unspecified atom stereocenters. The number of nitrogens with zero attached hydrogens (tertiary/aromatic N) is 1. The van der Waals surface area contributed by atoms with Crippen molar-refractivity contribution in [3.63, 3.8) is 0 Å². The van der Waals surface area contributed by atoms with Crippen molar-refractivity contribution in [3.05, 3.63) is 94.6 Å². The number of alkyl carbamates (subject to hydrolysis) is 1. The van der Waals surface area contributed by atoms with Gasteiger partial charge in [0.2, 0.25) is 5.96 Å². The Labute approximate surface area is 313 Å². The van der Waals surface area contributed by atoms with Crippen LogP contribution in [0, 0.1) is 20.8 Å². The topological polar surface area (TPSA) is 144 Å². The predicted octanol–water partition coefficient (Wildman–Crippen LogP) is 6.53. The monoisotopic (exact) mass is 770 g/mol. The molecular weight excluding hydrogens is 726 g/mol. The number of carbonyl (C=O) groups is 2. The van der Waals surface area contributed by atoms with Crippen LogP contribution < -0.4 is 20.1 Å². The van der Waals surface area contributed by atoms with E-state index < -0.39 is 52.4 Å². The summed E-state index contributed by atoms with van der Waals surface area (Å²) in [5.74, 6) is -1.02. The molecule has 2 aliphatic rings. The fourth-order valence-electron chi connectivity index (χ4n) is 6.90. The van der Waals surface area contributed by atoms with Gasteiger partial charge in [-0.3, -0.25) is 0 Å². The molecule has 54 heavy (non-hydrogen) atoms. The molecule has 1 atom stereocenters. The summed E-state index contributed by atoms with van der Waals surface area (Å²) < 4.78 is 86.4. The molecule has 1 aliphatic heterocycles. The average molecular weight is 771 g/mol. The van der Waals surface area contributed by atoms with Gasteiger partial charge in [-0.15, -0.1) is 0 Å². The van der Waals surface area contributed by atoms with E-state index in [4.69, 9.17) is 14.2 Å². The van der Waals surface area contributed by atoms with E-state index in [1.54, 1.807) is 20.8 Å². The second-order valence-corrected chi connectivity index (χ2v) is 15.6. The standard InChI is InChI=1S/C39H45F3N4O7S/c1-7-19-51-35(47)32(45-37(48)52-21-31-28-15-10-8-13-26(28)27-14-9-11-16-29(27)31)17-12-18-43-36(44-22-39(40,41)42)46-54(49,50)34-24(3)23(2)33-30(25(34)4)20-38(5,6)53-33/h7-11,13-16,31-32H,1,12,17-22H2,2-6H3,(H,45,48)(H2,43,44,46)/t32-/m0/s1. The van der Waals surface area contributed by atoms with Gasteiger partial charge in [-0.1, -0.05) is 61.2 Å². The van der Waals surface area contributed by atoms with E-state index in [1.807, 2.05) is 62.4 Å². The van der Waals surface area contributed by atoms with Crippen molar-refractivity contribution in [2.45, 2.75) is 82.5 Å². The molecular formula is C39H45F3N4O7S. The molecule has 0 aromatic heterocycles. The van der Waals surface area contributed by atoms with E-state index in [0.29, 0.717) is 34.4 Å². The number of aliphatic imine (C=N–C) groups is 1. The molecule has 0 spiro atoms. The first kappa shape index (κ1) is 40.1. The highest BCUT2D eigenvalue weighted by molar-refractivity contribution is 7.90. The van der Waals surface area contributed by atoms with Crippen LogP contribution >= 0.6 is 0 Å². The van der Waals surface area contributed by atoms with Crippen molar-refractivity contribution >= 4 is 28.0 Å². The summed E-state index contributed by atoms with van der Waals surface area (Å²) >= 11 is 0. The van der Waals surface area contributed by atoms with Crippen LogP contribution in [0.4, 0.5) is 18.0 Å². The summed E-state index contributed by atoms with van der Waals surface area (Å²) in [4.78, 5) is 29.4. The predicted molar refractivity (Wildman–Crippen MR) is 198 cm³/mol. The number of alkyl halides is 3. The summed E-state index contributed by atoms with van der Waals surface area (Å²) in [5.41, 5.74) is 5.70.